The molecule has 1 aromatic carbocycles. The van der Waals surface area contributed by atoms with Crippen LogP contribution in [0.15, 0.2) is 24.3 Å². The maximum atomic E-state index is 11.0. The van der Waals surface area contributed by atoms with Crippen LogP contribution in [0.2, 0.25) is 0 Å². The number of carboxylic acids is 1. The number of aromatic nitrogens is 2. The average molecular weight is 288 g/mol. The van der Waals surface area contributed by atoms with Crippen molar-refractivity contribution in [2.45, 2.75) is 33.1 Å². The van der Waals surface area contributed by atoms with E-state index >= 15 is 0 Å². The Hall–Kier alpha value is -2.30. The number of hydrogen-bond acceptors (Lipinski definition) is 3. The highest BCUT2D eigenvalue weighted by Crippen LogP contribution is 2.33. The van der Waals surface area contributed by atoms with Crippen LogP contribution in [0.1, 0.15) is 49.2 Å². The van der Waals surface area contributed by atoms with E-state index in [0.29, 0.717) is 24.0 Å². The van der Waals surface area contributed by atoms with Crippen molar-refractivity contribution in [3.05, 3.63) is 35.5 Å². The number of hydrogen-bond donors (Lipinski definition) is 2. The first-order valence-corrected chi connectivity index (χ1v) is 7.12. The van der Waals surface area contributed by atoms with Crippen LogP contribution in [0.25, 0.3) is 11.3 Å². The average Bonchev–Trinajstić information content (AvgIpc) is 2.97. The number of nitrogens with zero attached hydrogens (tertiary/aromatic N) is 1. The Balaban J connectivity index is 2.48. The molecular formula is C16H20N2O3. The van der Waals surface area contributed by atoms with Crippen molar-refractivity contribution >= 4 is 5.97 Å². The van der Waals surface area contributed by atoms with Crippen molar-refractivity contribution in [3.63, 3.8) is 0 Å². The van der Waals surface area contributed by atoms with Crippen LogP contribution in [0.5, 0.6) is 5.75 Å². The molecule has 1 aromatic heterocycles. The van der Waals surface area contributed by atoms with Gasteiger partial charge in [-0.1, -0.05) is 19.9 Å². The number of carbonyl (C=O) groups is 1. The number of aromatic carboxylic acids is 1. The summed E-state index contributed by atoms with van der Waals surface area (Å²) in [6.07, 6.45) is 1.04. The fourth-order valence-corrected chi connectivity index (χ4v) is 2.14. The van der Waals surface area contributed by atoms with Crippen molar-refractivity contribution in [3.8, 4) is 17.0 Å². The molecule has 0 bridgehead atoms. The lowest BCUT2D eigenvalue weighted by molar-refractivity contribution is 0.0690. The maximum absolute atomic E-state index is 11.0. The van der Waals surface area contributed by atoms with E-state index < -0.39 is 5.97 Å². The molecule has 1 heterocycles. The van der Waals surface area contributed by atoms with Gasteiger partial charge in [-0.15, -0.1) is 0 Å². The molecular weight excluding hydrogens is 268 g/mol. The number of nitrogens with one attached hydrogen (secondary N) is 1. The number of H-pyrrole nitrogens is 1. The zero-order chi connectivity index (χ0) is 15.4. The first-order chi connectivity index (χ1) is 10.1. The highest BCUT2D eigenvalue weighted by molar-refractivity contribution is 5.87. The summed E-state index contributed by atoms with van der Waals surface area (Å²) in [4.78, 5) is 11.0. The van der Waals surface area contributed by atoms with Gasteiger partial charge in [0.15, 0.2) is 0 Å². The van der Waals surface area contributed by atoms with E-state index in [-0.39, 0.29) is 5.69 Å². The van der Waals surface area contributed by atoms with Crippen LogP contribution in [-0.2, 0) is 0 Å². The monoisotopic (exact) mass is 288 g/mol. The lowest BCUT2D eigenvalue weighted by Gasteiger charge is -2.14. The Morgan fingerprint density at radius 3 is 2.71 bits per heavy atom. The molecule has 1 atom stereocenters. The Morgan fingerprint density at radius 1 is 1.38 bits per heavy atom. The molecule has 5 nitrogen and oxygen atoms in total. The Morgan fingerprint density at radius 2 is 2.14 bits per heavy atom. The van der Waals surface area contributed by atoms with Crippen LogP contribution in [0.3, 0.4) is 0 Å². The summed E-state index contributed by atoms with van der Waals surface area (Å²) in [7, 11) is 0. The maximum Gasteiger partial charge on any atom is 0.353 e. The van der Waals surface area contributed by atoms with E-state index in [0.717, 1.165) is 12.0 Å². The van der Waals surface area contributed by atoms with Crippen molar-refractivity contribution in [2.75, 3.05) is 6.61 Å². The van der Waals surface area contributed by atoms with E-state index in [4.69, 9.17) is 9.84 Å². The van der Waals surface area contributed by atoms with Gasteiger partial charge < -0.3 is 9.84 Å². The molecule has 0 saturated heterocycles. The number of ether oxygens (including phenoxy) is 1. The summed E-state index contributed by atoms with van der Waals surface area (Å²) >= 11 is 0. The predicted octanol–water partition coefficient (Wildman–Crippen LogP) is 3.69. The molecule has 0 fully saturated rings. The van der Waals surface area contributed by atoms with Crippen molar-refractivity contribution < 1.29 is 14.6 Å². The molecule has 0 amide bonds. The summed E-state index contributed by atoms with van der Waals surface area (Å²) in [5.41, 5.74) is 2.66. The molecule has 0 aliphatic rings. The van der Waals surface area contributed by atoms with Gasteiger partial charge in [-0.3, -0.25) is 5.10 Å². The zero-order valence-corrected chi connectivity index (χ0v) is 12.5. The van der Waals surface area contributed by atoms with Gasteiger partial charge in [0.25, 0.3) is 0 Å². The first kappa shape index (κ1) is 15.1. The Kier molecular flexibility index (Phi) is 4.62. The second-order valence-corrected chi connectivity index (χ2v) is 4.97. The third-order valence-electron chi connectivity index (χ3n) is 3.57. The van der Waals surface area contributed by atoms with Gasteiger partial charge in [0.1, 0.15) is 11.4 Å². The largest absolute Gasteiger partial charge is 0.493 e. The smallest absolute Gasteiger partial charge is 0.353 e. The molecule has 2 rings (SSSR count). The van der Waals surface area contributed by atoms with Crippen molar-refractivity contribution in [2.24, 2.45) is 0 Å². The molecule has 2 aromatic rings. The molecule has 0 aliphatic carbocycles. The fraction of sp³-hybridized carbons (Fsp3) is 0.375. The number of benzene rings is 1. The van der Waals surface area contributed by atoms with Gasteiger partial charge in [-0.25, -0.2) is 4.79 Å². The topological polar surface area (TPSA) is 75.2 Å². The number of rotatable bonds is 6. The lowest BCUT2D eigenvalue weighted by atomic mass is 9.95. The summed E-state index contributed by atoms with van der Waals surface area (Å²) in [6, 6.07) is 7.53. The molecule has 21 heavy (non-hydrogen) atoms. The first-order valence-electron chi connectivity index (χ1n) is 7.12. The summed E-state index contributed by atoms with van der Waals surface area (Å²) in [6.45, 7) is 6.76. The quantitative estimate of drug-likeness (QED) is 0.850. The molecule has 0 spiro atoms. The summed E-state index contributed by atoms with van der Waals surface area (Å²) < 4.78 is 5.63. The molecule has 112 valence electrons. The Labute approximate surface area is 124 Å². The molecule has 0 radical (unpaired) electrons. The SMILES string of the molecule is CCOc1ccc(C(C)CC)cc1-c1cc(C(=O)O)[nH]n1. The van der Waals surface area contributed by atoms with Gasteiger partial charge in [0, 0.05) is 5.56 Å². The van der Waals surface area contributed by atoms with Crippen LogP contribution >= 0.6 is 0 Å². The highest BCUT2D eigenvalue weighted by atomic mass is 16.5. The molecule has 1 unspecified atom stereocenters. The van der Waals surface area contributed by atoms with E-state index in [1.54, 1.807) is 0 Å². The third kappa shape index (κ3) is 3.24. The minimum Gasteiger partial charge on any atom is -0.493 e. The fourth-order valence-electron chi connectivity index (χ4n) is 2.14. The zero-order valence-electron chi connectivity index (χ0n) is 12.5. The third-order valence-corrected chi connectivity index (χ3v) is 3.57. The van der Waals surface area contributed by atoms with E-state index in [2.05, 4.69) is 24.0 Å². The van der Waals surface area contributed by atoms with Crippen molar-refractivity contribution in [1.82, 2.24) is 10.2 Å². The van der Waals surface area contributed by atoms with Gasteiger partial charge in [0.05, 0.1) is 12.3 Å². The van der Waals surface area contributed by atoms with Crippen molar-refractivity contribution in [1.29, 1.82) is 0 Å². The van der Waals surface area contributed by atoms with Crippen LogP contribution in [0.4, 0.5) is 0 Å². The van der Waals surface area contributed by atoms with E-state index in [1.165, 1.54) is 11.6 Å². The lowest BCUT2D eigenvalue weighted by Crippen LogP contribution is -1.97. The van der Waals surface area contributed by atoms with Crippen LogP contribution < -0.4 is 4.74 Å². The van der Waals surface area contributed by atoms with Crippen LogP contribution in [-0.4, -0.2) is 27.9 Å². The highest BCUT2D eigenvalue weighted by Gasteiger charge is 2.15. The summed E-state index contributed by atoms with van der Waals surface area (Å²) in [5, 5.41) is 15.6. The second kappa shape index (κ2) is 6.43. The number of carboxylic acid groups (broad SMARTS) is 1. The molecule has 5 heteroatoms. The minimum atomic E-state index is -1.02. The normalized spacial score (nSPS) is 12.1. The molecule has 0 saturated carbocycles. The van der Waals surface area contributed by atoms with Gasteiger partial charge in [0.2, 0.25) is 0 Å². The molecule has 2 N–H and O–H groups in total. The predicted molar refractivity (Wildman–Crippen MR) is 80.9 cm³/mol. The summed E-state index contributed by atoms with van der Waals surface area (Å²) in [5.74, 6) is 0.120. The Bertz CT molecular complexity index is 634. The minimum absolute atomic E-state index is 0.0707. The second-order valence-electron chi connectivity index (χ2n) is 4.97. The molecule has 0 aliphatic heterocycles. The number of aromatic amines is 1. The van der Waals surface area contributed by atoms with Gasteiger partial charge >= 0.3 is 5.97 Å². The van der Waals surface area contributed by atoms with Crippen LogP contribution in [0, 0.1) is 0 Å². The van der Waals surface area contributed by atoms with Gasteiger partial charge in [-0.2, -0.15) is 5.10 Å². The standard InChI is InChI=1S/C16H20N2O3/c1-4-10(3)11-6-7-15(21-5-2)12(8-11)13-9-14(16(19)20)18-17-13/h6-10H,4-5H2,1-3H3,(H,17,18)(H,19,20). The van der Waals surface area contributed by atoms with Gasteiger partial charge in [-0.05, 0) is 43.0 Å². The van der Waals surface area contributed by atoms with E-state index in [9.17, 15) is 4.79 Å². The van der Waals surface area contributed by atoms with E-state index in [1.807, 2.05) is 25.1 Å².